The molecule has 13 heteroatoms. The lowest BCUT2D eigenvalue weighted by atomic mass is 9.79. The number of nitrogens with zero attached hydrogens (tertiary/aromatic N) is 4. The number of oxazole rings is 1. The minimum Gasteiger partial charge on any atom is -0.497 e. The molecule has 2 aliphatic heterocycles. The zero-order chi connectivity index (χ0) is 32.6. The van der Waals surface area contributed by atoms with E-state index < -0.39 is 33.6 Å². The van der Waals surface area contributed by atoms with Gasteiger partial charge in [0.15, 0.2) is 5.54 Å². The topological polar surface area (TPSA) is 158 Å². The van der Waals surface area contributed by atoms with E-state index in [0.717, 1.165) is 9.87 Å². The summed E-state index contributed by atoms with van der Waals surface area (Å²) < 4.78 is 46.6. The molecule has 1 saturated heterocycles. The quantitative estimate of drug-likeness (QED) is 0.261. The molecule has 0 aliphatic carbocycles. The molecule has 6 rings (SSSR count). The van der Waals surface area contributed by atoms with Gasteiger partial charge < -0.3 is 24.3 Å². The number of hydrogen-bond donors (Lipinski definition) is 2. The molecule has 3 atom stereocenters. The molecule has 3 aromatic carbocycles. The summed E-state index contributed by atoms with van der Waals surface area (Å²) in [6.07, 6.45) is 2.13. The van der Waals surface area contributed by atoms with Crippen molar-refractivity contribution in [1.29, 1.82) is 5.26 Å². The first-order chi connectivity index (χ1) is 22.2. The Kier molecular flexibility index (Phi) is 8.30. The zero-order valence-electron chi connectivity index (χ0n) is 25.5. The van der Waals surface area contributed by atoms with Crippen LogP contribution in [0, 0.1) is 11.3 Å². The van der Waals surface area contributed by atoms with Crippen LogP contribution < -0.4 is 19.1 Å². The third kappa shape index (κ3) is 4.90. The van der Waals surface area contributed by atoms with Crippen molar-refractivity contribution in [3.8, 4) is 17.6 Å². The molecular weight excluding hydrogens is 610 g/mol. The lowest BCUT2D eigenvalue weighted by Crippen LogP contribution is -2.55. The Morgan fingerprint density at radius 1 is 1.11 bits per heavy atom. The molecular formula is C33H33N5O7S. The van der Waals surface area contributed by atoms with Gasteiger partial charge in [-0.3, -0.25) is 9.69 Å². The average Bonchev–Trinajstić information content (AvgIpc) is 3.80. The van der Waals surface area contributed by atoms with Gasteiger partial charge in [0.1, 0.15) is 17.8 Å². The number of sulfonamides is 1. The normalized spacial score (nSPS) is 21.3. The maximum absolute atomic E-state index is 15.4. The second kappa shape index (κ2) is 12.2. The molecule has 3 heterocycles. The van der Waals surface area contributed by atoms with E-state index in [4.69, 9.17) is 13.9 Å². The molecule has 1 amide bonds. The first-order valence-corrected chi connectivity index (χ1v) is 16.1. The van der Waals surface area contributed by atoms with E-state index >= 15 is 4.79 Å². The zero-order valence-corrected chi connectivity index (χ0v) is 26.3. The predicted molar refractivity (Wildman–Crippen MR) is 167 cm³/mol. The first kappa shape index (κ1) is 31.3. The number of rotatable bonds is 10. The summed E-state index contributed by atoms with van der Waals surface area (Å²) in [6, 6.07) is 17.0. The van der Waals surface area contributed by atoms with E-state index in [1.54, 1.807) is 11.0 Å². The van der Waals surface area contributed by atoms with Gasteiger partial charge in [-0.2, -0.15) is 5.26 Å². The van der Waals surface area contributed by atoms with Crippen molar-refractivity contribution in [3.05, 3.63) is 101 Å². The van der Waals surface area contributed by atoms with Crippen molar-refractivity contribution in [2.75, 3.05) is 31.6 Å². The van der Waals surface area contributed by atoms with E-state index in [9.17, 15) is 18.8 Å². The number of nitrogens with one attached hydrogen (secondary N) is 1. The Bertz CT molecular complexity index is 1910. The number of amides is 1. The number of ether oxygens (including phenoxy) is 2. The smallest absolute Gasteiger partial charge is 0.271 e. The van der Waals surface area contributed by atoms with Gasteiger partial charge in [-0.1, -0.05) is 13.0 Å². The van der Waals surface area contributed by atoms with Crippen molar-refractivity contribution in [1.82, 2.24) is 15.2 Å². The highest BCUT2D eigenvalue weighted by atomic mass is 32.2. The third-order valence-corrected chi connectivity index (χ3v) is 10.2. The number of fused-ring (bicyclic) bond motifs is 1. The number of methoxy groups -OCH3 is 2. The Hall–Kier alpha value is -4.74. The Balaban J connectivity index is 1.69. The Labute approximate surface area is 266 Å². The van der Waals surface area contributed by atoms with Crippen molar-refractivity contribution in [2.45, 2.75) is 42.5 Å². The molecule has 0 saturated carbocycles. The van der Waals surface area contributed by atoms with Crippen LogP contribution in [0.25, 0.3) is 0 Å². The van der Waals surface area contributed by atoms with Gasteiger partial charge in [0, 0.05) is 24.2 Å². The van der Waals surface area contributed by atoms with Crippen LogP contribution in [0.5, 0.6) is 11.5 Å². The molecule has 2 N–H and O–H groups in total. The molecule has 4 aromatic rings. The number of nitriles is 1. The van der Waals surface area contributed by atoms with Crippen molar-refractivity contribution in [3.63, 3.8) is 0 Å². The lowest BCUT2D eigenvalue weighted by Gasteiger charge is -2.41. The molecule has 2 aliphatic rings. The van der Waals surface area contributed by atoms with E-state index in [1.165, 1.54) is 69.1 Å². The van der Waals surface area contributed by atoms with Crippen molar-refractivity contribution < 1.29 is 32.2 Å². The largest absolute Gasteiger partial charge is 0.497 e. The highest BCUT2D eigenvalue weighted by Crippen LogP contribution is 2.56. The number of aromatic nitrogens is 1. The predicted octanol–water partition coefficient (Wildman–Crippen LogP) is 3.46. The van der Waals surface area contributed by atoms with Gasteiger partial charge in [-0.25, -0.2) is 17.7 Å². The lowest BCUT2D eigenvalue weighted by molar-refractivity contribution is -0.127. The Morgan fingerprint density at radius 2 is 1.89 bits per heavy atom. The first-order valence-electron chi connectivity index (χ1n) is 14.7. The van der Waals surface area contributed by atoms with Gasteiger partial charge in [-0.05, 0) is 73.1 Å². The molecule has 1 aromatic heterocycles. The number of benzene rings is 3. The summed E-state index contributed by atoms with van der Waals surface area (Å²) in [5.74, 6) is 0.194. The molecule has 1 fully saturated rings. The van der Waals surface area contributed by atoms with E-state index in [1.807, 2.05) is 19.1 Å². The molecule has 12 nitrogen and oxygen atoms in total. The number of hydrogen-bond acceptors (Lipinski definition) is 11. The fraction of sp³-hybridized carbons (Fsp3) is 0.303. The van der Waals surface area contributed by atoms with Crippen LogP contribution in [0.4, 0.5) is 5.69 Å². The summed E-state index contributed by atoms with van der Waals surface area (Å²) in [5, 5.41) is 24.4. The number of aliphatic hydroxyl groups is 1. The number of carbonyl (C=O) groups excluding carboxylic acids is 1. The number of aliphatic hydroxyl groups excluding tert-OH is 1. The number of likely N-dealkylation sites (tertiary alicyclic amines) is 1. The summed E-state index contributed by atoms with van der Waals surface area (Å²) in [7, 11) is -1.58. The van der Waals surface area contributed by atoms with Crippen LogP contribution in [0.2, 0.25) is 0 Å². The van der Waals surface area contributed by atoms with Gasteiger partial charge in [0.05, 0.1) is 54.8 Å². The molecule has 0 spiro atoms. The molecule has 0 radical (unpaired) electrons. The van der Waals surface area contributed by atoms with Gasteiger partial charge in [-0.15, -0.1) is 0 Å². The van der Waals surface area contributed by atoms with Crippen LogP contribution in [-0.2, 0) is 26.9 Å². The molecule has 46 heavy (non-hydrogen) atoms. The number of carbonyl (C=O) groups is 1. The minimum absolute atomic E-state index is 0.0357. The minimum atomic E-state index is -4.52. The molecule has 0 bridgehead atoms. The van der Waals surface area contributed by atoms with Crippen LogP contribution in [0.1, 0.15) is 47.5 Å². The maximum atomic E-state index is 15.4. The van der Waals surface area contributed by atoms with E-state index in [2.05, 4.69) is 16.4 Å². The van der Waals surface area contributed by atoms with Crippen LogP contribution in [0.3, 0.4) is 0 Å². The standard InChI is InChI=1S/C33H33N5O7S/c1-4-35-19-22-6-12-30(44-3)27(16-22)33(37-20-23(39)17-29(37)31-36-13-14-45-31)26-15-21(18-34)5-11-28(26)38(32(33)40)46(41,42)25-9-7-24(43-2)8-10-25/h5-16,23,29,35,39H,4,17,19-20H2,1-3H3/t23-,29+,33?/m1/s1. The monoisotopic (exact) mass is 643 g/mol. The summed E-state index contributed by atoms with van der Waals surface area (Å²) in [4.78, 5) is 21.4. The van der Waals surface area contributed by atoms with E-state index in [-0.39, 0.29) is 40.6 Å². The Morgan fingerprint density at radius 3 is 2.54 bits per heavy atom. The van der Waals surface area contributed by atoms with E-state index in [0.29, 0.717) is 30.2 Å². The van der Waals surface area contributed by atoms with Gasteiger partial charge in [0.2, 0.25) is 5.89 Å². The molecule has 238 valence electrons. The van der Waals surface area contributed by atoms with Gasteiger partial charge in [0.25, 0.3) is 15.9 Å². The van der Waals surface area contributed by atoms with Crippen LogP contribution >= 0.6 is 0 Å². The fourth-order valence-corrected chi connectivity index (χ4v) is 7.92. The second-order valence-electron chi connectivity index (χ2n) is 11.0. The highest BCUT2D eigenvalue weighted by molar-refractivity contribution is 7.93. The molecule has 1 unspecified atom stereocenters. The summed E-state index contributed by atoms with van der Waals surface area (Å²) in [6.45, 7) is 3.09. The van der Waals surface area contributed by atoms with Gasteiger partial charge >= 0.3 is 0 Å². The average molecular weight is 644 g/mol. The number of anilines is 1. The number of β-amino-alcohol motifs (C(OH)–C–C–N with tert-alkyl or cyclic N) is 1. The van der Waals surface area contributed by atoms with Crippen LogP contribution in [0.15, 0.2) is 82.4 Å². The van der Waals surface area contributed by atoms with Crippen LogP contribution in [-0.4, -0.2) is 62.7 Å². The maximum Gasteiger partial charge on any atom is 0.271 e. The highest BCUT2D eigenvalue weighted by Gasteiger charge is 2.63. The van der Waals surface area contributed by atoms with Crippen molar-refractivity contribution in [2.24, 2.45) is 0 Å². The second-order valence-corrected chi connectivity index (χ2v) is 12.8. The summed E-state index contributed by atoms with van der Waals surface area (Å²) >= 11 is 0. The fourth-order valence-electron chi connectivity index (χ4n) is 6.46. The third-order valence-electron chi connectivity index (χ3n) is 8.50. The summed E-state index contributed by atoms with van der Waals surface area (Å²) in [5.41, 5.74) is -0.192. The van der Waals surface area contributed by atoms with Crippen molar-refractivity contribution >= 4 is 21.6 Å². The SMILES string of the molecule is CCNCc1ccc(OC)c(C2(N3C[C@H](O)C[C@H]3c3ncco3)C(=O)N(S(=O)(=O)c3ccc(OC)cc3)c3ccc(C#N)cc32)c1.